The molecule has 114 valence electrons. The Hall–Kier alpha value is -1.27. The second-order valence-electron chi connectivity index (χ2n) is 4.49. The number of methoxy groups -OCH3 is 1. The largest absolute Gasteiger partial charge is 0.493 e. The van der Waals surface area contributed by atoms with Crippen LogP contribution in [0.4, 0.5) is 0 Å². The standard InChI is InChI=1S/C14H23NO4S/c1-3-10-20(16,17)11-9-19-14-12(7-8-15)5-4-6-13(14)18-2/h4-6H,3,7-11,15H2,1-2H3. The zero-order chi connectivity index (χ0) is 15.0. The predicted molar refractivity (Wildman–Crippen MR) is 80.2 cm³/mol. The maximum Gasteiger partial charge on any atom is 0.164 e. The Labute approximate surface area is 121 Å². The Morgan fingerprint density at radius 2 is 2.00 bits per heavy atom. The molecule has 0 atom stereocenters. The summed E-state index contributed by atoms with van der Waals surface area (Å²) in [7, 11) is -1.48. The molecule has 5 nitrogen and oxygen atoms in total. The number of hydrogen-bond acceptors (Lipinski definition) is 5. The van der Waals surface area contributed by atoms with Crippen molar-refractivity contribution in [3.63, 3.8) is 0 Å². The highest BCUT2D eigenvalue weighted by molar-refractivity contribution is 7.91. The molecule has 1 aromatic carbocycles. The molecule has 2 N–H and O–H groups in total. The van der Waals surface area contributed by atoms with Crippen molar-refractivity contribution in [2.24, 2.45) is 5.73 Å². The van der Waals surface area contributed by atoms with Gasteiger partial charge in [0.15, 0.2) is 21.3 Å². The van der Waals surface area contributed by atoms with Gasteiger partial charge in [-0.05, 0) is 31.0 Å². The summed E-state index contributed by atoms with van der Waals surface area (Å²) in [6.07, 6.45) is 1.28. The summed E-state index contributed by atoms with van der Waals surface area (Å²) in [5.74, 6) is 1.40. The summed E-state index contributed by atoms with van der Waals surface area (Å²) in [6, 6.07) is 5.56. The second-order valence-corrected chi connectivity index (χ2v) is 6.79. The van der Waals surface area contributed by atoms with Crippen LogP contribution < -0.4 is 15.2 Å². The molecule has 20 heavy (non-hydrogen) atoms. The molecule has 0 fully saturated rings. The fourth-order valence-electron chi connectivity index (χ4n) is 1.92. The summed E-state index contributed by atoms with van der Waals surface area (Å²) in [4.78, 5) is 0. The zero-order valence-corrected chi connectivity index (χ0v) is 12.9. The van der Waals surface area contributed by atoms with Gasteiger partial charge in [-0.15, -0.1) is 0 Å². The van der Waals surface area contributed by atoms with Crippen LogP contribution in [0, 0.1) is 0 Å². The quantitative estimate of drug-likeness (QED) is 0.746. The van der Waals surface area contributed by atoms with E-state index in [1.165, 1.54) is 0 Å². The van der Waals surface area contributed by atoms with Gasteiger partial charge in [-0.1, -0.05) is 19.1 Å². The molecule has 1 rings (SSSR count). The van der Waals surface area contributed by atoms with E-state index in [9.17, 15) is 8.42 Å². The molecule has 0 unspecified atom stereocenters. The SMILES string of the molecule is CCCS(=O)(=O)CCOc1c(CCN)cccc1OC. The van der Waals surface area contributed by atoms with Crippen LogP contribution in [0.3, 0.4) is 0 Å². The fraction of sp³-hybridized carbons (Fsp3) is 0.571. The molecule has 0 heterocycles. The first-order valence-corrected chi connectivity index (χ1v) is 8.55. The van der Waals surface area contributed by atoms with Crippen LogP contribution in [0.2, 0.25) is 0 Å². The molecule has 0 radical (unpaired) electrons. The lowest BCUT2D eigenvalue weighted by Crippen LogP contribution is -2.17. The van der Waals surface area contributed by atoms with Crippen molar-refractivity contribution in [1.82, 2.24) is 0 Å². The van der Waals surface area contributed by atoms with Gasteiger partial charge in [-0.2, -0.15) is 0 Å². The van der Waals surface area contributed by atoms with E-state index >= 15 is 0 Å². The average molecular weight is 301 g/mol. The van der Waals surface area contributed by atoms with Crippen molar-refractivity contribution in [2.45, 2.75) is 19.8 Å². The van der Waals surface area contributed by atoms with Crippen molar-refractivity contribution >= 4 is 9.84 Å². The van der Waals surface area contributed by atoms with E-state index in [1.54, 1.807) is 13.2 Å². The number of benzene rings is 1. The van der Waals surface area contributed by atoms with Gasteiger partial charge in [-0.25, -0.2) is 8.42 Å². The van der Waals surface area contributed by atoms with Gasteiger partial charge in [0.2, 0.25) is 0 Å². The first kappa shape index (κ1) is 16.8. The first-order valence-electron chi connectivity index (χ1n) is 6.73. The number of para-hydroxylation sites is 1. The minimum absolute atomic E-state index is 0.0148. The van der Waals surface area contributed by atoms with Crippen LogP contribution in [0.1, 0.15) is 18.9 Å². The van der Waals surface area contributed by atoms with E-state index < -0.39 is 9.84 Å². The molecule has 0 amide bonds. The lowest BCUT2D eigenvalue weighted by atomic mass is 10.1. The van der Waals surface area contributed by atoms with Gasteiger partial charge >= 0.3 is 0 Å². The van der Waals surface area contributed by atoms with Crippen LogP contribution in [0.5, 0.6) is 11.5 Å². The van der Waals surface area contributed by atoms with Gasteiger partial charge in [0.25, 0.3) is 0 Å². The Bertz CT molecular complexity index is 514. The maximum atomic E-state index is 11.7. The lowest BCUT2D eigenvalue weighted by molar-refractivity contribution is 0.308. The summed E-state index contributed by atoms with van der Waals surface area (Å²) in [6.45, 7) is 2.47. The summed E-state index contributed by atoms with van der Waals surface area (Å²) in [5, 5.41) is 0. The predicted octanol–water partition coefficient (Wildman–Crippen LogP) is 1.40. The van der Waals surface area contributed by atoms with E-state index in [0.29, 0.717) is 30.9 Å². The molecule has 0 aliphatic rings. The monoisotopic (exact) mass is 301 g/mol. The van der Waals surface area contributed by atoms with Gasteiger partial charge < -0.3 is 15.2 Å². The van der Waals surface area contributed by atoms with Crippen LogP contribution in [-0.4, -0.2) is 40.2 Å². The van der Waals surface area contributed by atoms with Crippen LogP contribution >= 0.6 is 0 Å². The van der Waals surface area contributed by atoms with Gasteiger partial charge in [-0.3, -0.25) is 0 Å². The van der Waals surface area contributed by atoms with Crippen molar-refractivity contribution in [3.05, 3.63) is 23.8 Å². The molecule has 0 spiro atoms. The van der Waals surface area contributed by atoms with Crippen LogP contribution in [0.15, 0.2) is 18.2 Å². The Morgan fingerprint density at radius 3 is 2.60 bits per heavy atom. The average Bonchev–Trinajstić information content (AvgIpc) is 2.40. The topological polar surface area (TPSA) is 78.6 Å². The maximum absolute atomic E-state index is 11.7. The van der Waals surface area contributed by atoms with Gasteiger partial charge in [0.1, 0.15) is 6.61 Å². The van der Waals surface area contributed by atoms with E-state index in [0.717, 1.165) is 5.56 Å². The molecule has 0 aliphatic heterocycles. The van der Waals surface area contributed by atoms with Crippen molar-refractivity contribution < 1.29 is 17.9 Å². The second kappa shape index (κ2) is 8.11. The van der Waals surface area contributed by atoms with Crippen LogP contribution in [0.25, 0.3) is 0 Å². The highest BCUT2D eigenvalue weighted by Gasteiger charge is 2.13. The zero-order valence-electron chi connectivity index (χ0n) is 12.1. The van der Waals surface area contributed by atoms with E-state index in [1.807, 2.05) is 19.1 Å². The number of ether oxygens (including phenoxy) is 2. The van der Waals surface area contributed by atoms with Gasteiger partial charge in [0, 0.05) is 0 Å². The fourth-order valence-corrected chi connectivity index (χ4v) is 3.09. The third-order valence-electron chi connectivity index (χ3n) is 2.85. The Morgan fingerprint density at radius 1 is 1.25 bits per heavy atom. The first-order chi connectivity index (χ1) is 9.54. The molecular weight excluding hydrogens is 278 g/mol. The molecule has 0 aliphatic carbocycles. The Balaban J connectivity index is 2.75. The highest BCUT2D eigenvalue weighted by atomic mass is 32.2. The number of hydrogen-bond donors (Lipinski definition) is 1. The van der Waals surface area contributed by atoms with Crippen molar-refractivity contribution in [2.75, 3.05) is 31.8 Å². The Kier molecular flexibility index (Phi) is 6.81. The minimum atomic E-state index is -3.04. The molecule has 0 bridgehead atoms. The number of nitrogens with two attached hydrogens (primary N) is 1. The molecule has 0 saturated heterocycles. The van der Waals surface area contributed by atoms with Crippen molar-refractivity contribution in [3.8, 4) is 11.5 Å². The van der Waals surface area contributed by atoms with E-state index in [4.69, 9.17) is 15.2 Å². The summed E-state index contributed by atoms with van der Waals surface area (Å²) in [5.41, 5.74) is 6.50. The third kappa shape index (κ3) is 5.02. The molecule has 6 heteroatoms. The van der Waals surface area contributed by atoms with E-state index in [2.05, 4.69) is 0 Å². The smallest absolute Gasteiger partial charge is 0.164 e. The highest BCUT2D eigenvalue weighted by Crippen LogP contribution is 2.31. The van der Waals surface area contributed by atoms with Gasteiger partial charge in [0.05, 0.1) is 18.6 Å². The van der Waals surface area contributed by atoms with Crippen molar-refractivity contribution in [1.29, 1.82) is 0 Å². The van der Waals surface area contributed by atoms with Crippen LogP contribution in [-0.2, 0) is 16.3 Å². The third-order valence-corrected chi connectivity index (χ3v) is 4.67. The number of sulfone groups is 1. The molecule has 0 saturated carbocycles. The molecule has 1 aromatic rings. The molecule has 0 aromatic heterocycles. The summed E-state index contributed by atoms with van der Waals surface area (Å²) >= 11 is 0. The number of rotatable bonds is 9. The molecular formula is C14H23NO4S. The lowest BCUT2D eigenvalue weighted by Gasteiger charge is -2.14. The summed E-state index contributed by atoms with van der Waals surface area (Å²) < 4.78 is 34.2. The normalized spacial score (nSPS) is 11.3. The minimum Gasteiger partial charge on any atom is -0.493 e. The van der Waals surface area contributed by atoms with E-state index in [-0.39, 0.29) is 18.1 Å².